The Morgan fingerprint density at radius 1 is 1.22 bits per heavy atom. The molecule has 0 saturated carbocycles. The monoisotopic (exact) mass is 538 g/mol. The largest absolute Gasteiger partial charge is 0.494 e. The van der Waals surface area contributed by atoms with Crippen LogP contribution < -0.4 is 15.0 Å². The summed E-state index contributed by atoms with van der Waals surface area (Å²) in [7, 11) is -0.948. The number of hydrogen-bond acceptors (Lipinski definition) is 7. The Balaban J connectivity index is 1.36. The molecule has 1 atom stereocenters. The van der Waals surface area contributed by atoms with Crippen molar-refractivity contribution >= 4 is 49.6 Å². The fourth-order valence-electron chi connectivity index (χ4n) is 4.83. The van der Waals surface area contributed by atoms with Gasteiger partial charge in [0.1, 0.15) is 5.75 Å². The van der Waals surface area contributed by atoms with Crippen LogP contribution in [0.25, 0.3) is 22.2 Å². The van der Waals surface area contributed by atoms with Crippen molar-refractivity contribution in [1.82, 2.24) is 15.0 Å². The summed E-state index contributed by atoms with van der Waals surface area (Å²) >= 11 is 6.49. The predicted octanol–water partition coefficient (Wildman–Crippen LogP) is 6.45. The minimum absolute atomic E-state index is 0.0556. The van der Waals surface area contributed by atoms with Crippen molar-refractivity contribution in [1.29, 1.82) is 4.78 Å². The molecule has 1 aliphatic rings. The Labute approximate surface area is 222 Å². The third kappa shape index (κ3) is 4.98. The molecule has 2 aromatic carbocycles. The number of methoxy groups -OCH3 is 1. The van der Waals surface area contributed by atoms with Crippen molar-refractivity contribution in [3.8, 4) is 17.0 Å². The van der Waals surface area contributed by atoms with E-state index in [9.17, 15) is 4.21 Å². The fourth-order valence-corrected chi connectivity index (χ4v) is 6.71. The minimum Gasteiger partial charge on any atom is -0.494 e. The lowest BCUT2D eigenvalue weighted by molar-refractivity contribution is 0.416. The van der Waals surface area contributed by atoms with Crippen molar-refractivity contribution in [2.75, 3.05) is 30.4 Å². The highest BCUT2D eigenvalue weighted by molar-refractivity contribution is 7.93. The van der Waals surface area contributed by atoms with Crippen LogP contribution in [0.5, 0.6) is 5.75 Å². The Morgan fingerprint density at radius 2 is 1.97 bits per heavy atom. The Hall–Kier alpha value is -3.30. The van der Waals surface area contributed by atoms with Crippen LogP contribution in [-0.2, 0) is 9.73 Å². The van der Waals surface area contributed by atoms with Crippen LogP contribution in [0.2, 0.25) is 5.02 Å². The molecule has 0 aliphatic carbocycles. The van der Waals surface area contributed by atoms with Crippen LogP contribution in [0.15, 0.2) is 54.9 Å². The van der Waals surface area contributed by atoms with E-state index in [0.717, 1.165) is 53.8 Å². The van der Waals surface area contributed by atoms with Gasteiger partial charge in [-0.1, -0.05) is 43.6 Å². The third-order valence-corrected chi connectivity index (χ3v) is 10.2. The van der Waals surface area contributed by atoms with E-state index in [4.69, 9.17) is 26.1 Å². The van der Waals surface area contributed by atoms with Gasteiger partial charge in [-0.2, -0.15) is 0 Å². The number of ether oxygens (including phenoxy) is 1. The molecule has 1 aliphatic heterocycles. The standard InChI is InChI=1S/C27H31ClN6O2S/c1-17(2)37(29,35)19-10-12-34(13-11-19)18-8-9-24(25(14-18)36-3)32-27-31-16-22(28)26(33-27)21-15-30-23-7-5-4-6-20(21)23/h4-9,14-17,19,29-30H,10-13H2,1-3H3,(H,31,32,33). The summed E-state index contributed by atoms with van der Waals surface area (Å²) in [6.07, 6.45) is 5.00. The normalized spacial score (nSPS) is 16.2. The van der Waals surface area contributed by atoms with Gasteiger partial charge in [0, 0.05) is 67.7 Å². The van der Waals surface area contributed by atoms with Gasteiger partial charge in [0.15, 0.2) is 0 Å². The molecule has 5 rings (SSSR count). The zero-order valence-electron chi connectivity index (χ0n) is 21.1. The number of nitrogens with one attached hydrogen (secondary N) is 3. The number of H-pyrrole nitrogens is 1. The number of aromatic nitrogens is 3. The van der Waals surface area contributed by atoms with Gasteiger partial charge >= 0.3 is 0 Å². The molecular formula is C27H31ClN6O2S. The molecule has 0 radical (unpaired) electrons. The number of halogens is 1. The number of benzene rings is 2. The Morgan fingerprint density at radius 3 is 2.70 bits per heavy atom. The molecule has 10 heteroatoms. The highest BCUT2D eigenvalue weighted by atomic mass is 35.5. The molecule has 3 heterocycles. The number of anilines is 3. The zero-order chi connectivity index (χ0) is 26.2. The van der Waals surface area contributed by atoms with E-state index in [2.05, 4.69) is 20.2 Å². The molecule has 3 N–H and O–H groups in total. The number of piperidine rings is 1. The van der Waals surface area contributed by atoms with E-state index in [-0.39, 0.29) is 10.5 Å². The van der Waals surface area contributed by atoms with Gasteiger partial charge in [0.05, 0.1) is 29.7 Å². The van der Waals surface area contributed by atoms with Gasteiger partial charge in [0.2, 0.25) is 5.95 Å². The van der Waals surface area contributed by atoms with E-state index >= 15 is 0 Å². The molecule has 0 bridgehead atoms. The molecule has 0 amide bonds. The van der Waals surface area contributed by atoms with Crippen LogP contribution >= 0.6 is 11.6 Å². The summed E-state index contributed by atoms with van der Waals surface area (Å²) in [6, 6.07) is 14.0. The maximum atomic E-state index is 12.8. The van der Waals surface area contributed by atoms with Gasteiger partial charge in [-0.25, -0.2) is 14.2 Å². The molecule has 37 heavy (non-hydrogen) atoms. The molecular weight excluding hydrogens is 508 g/mol. The second-order valence-electron chi connectivity index (χ2n) is 9.53. The van der Waals surface area contributed by atoms with E-state index in [1.54, 1.807) is 13.3 Å². The fraction of sp³-hybridized carbons (Fsp3) is 0.333. The summed E-state index contributed by atoms with van der Waals surface area (Å²) < 4.78 is 26.8. The lowest BCUT2D eigenvalue weighted by Gasteiger charge is -2.35. The maximum absolute atomic E-state index is 12.8. The number of aromatic amines is 1. The van der Waals surface area contributed by atoms with Gasteiger partial charge in [0.25, 0.3) is 0 Å². The van der Waals surface area contributed by atoms with E-state index in [0.29, 0.717) is 22.4 Å². The highest BCUT2D eigenvalue weighted by Gasteiger charge is 2.29. The smallest absolute Gasteiger partial charge is 0.227 e. The van der Waals surface area contributed by atoms with E-state index < -0.39 is 9.73 Å². The molecule has 8 nitrogen and oxygen atoms in total. The summed E-state index contributed by atoms with van der Waals surface area (Å²) in [5, 5.41) is 4.60. The van der Waals surface area contributed by atoms with Gasteiger partial charge in [-0.05, 0) is 31.0 Å². The molecule has 4 aromatic rings. The maximum Gasteiger partial charge on any atom is 0.227 e. The second kappa shape index (κ2) is 10.2. The highest BCUT2D eigenvalue weighted by Crippen LogP contribution is 2.36. The molecule has 2 aromatic heterocycles. The van der Waals surface area contributed by atoms with Crippen LogP contribution in [0.4, 0.5) is 17.3 Å². The first-order valence-electron chi connectivity index (χ1n) is 12.3. The number of nitrogens with zero attached hydrogens (tertiary/aromatic N) is 3. The lowest BCUT2D eigenvalue weighted by Crippen LogP contribution is -2.41. The van der Waals surface area contributed by atoms with Crippen LogP contribution in [0.3, 0.4) is 0 Å². The first-order valence-corrected chi connectivity index (χ1v) is 14.4. The van der Waals surface area contributed by atoms with Gasteiger partial charge in [-0.15, -0.1) is 0 Å². The first kappa shape index (κ1) is 25.4. The minimum atomic E-state index is -2.58. The van der Waals surface area contributed by atoms with Crippen LogP contribution in [0, 0.1) is 4.78 Å². The van der Waals surface area contributed by atoms with Crippen LogP contribution in [-0.4, -0.2) is 49.9 Å². The Bertz CT molecular complexity index is 1530. The van der Waals surface area contributed by atoms with Crippen molar-refractivity contribution in [3.63, 3.8) is 0 Å². The topological polar surface area (TPSA) is 107 Å². The van der Waals surface area contributed by atoms with Crippen molar-refractivity contribution in [2.45, 2.75) is 37.2 Å². The van der Waals surface area contributed by atoms with Crippen LogP contribution in [0.1, 0.15) is 26.7 Å². The van der Waals surface area contributed by atoms with Crippen molar-refractivity contribution in [3.05, 3.63) is 59.9 Å². The predicted molar refractivity (Wildman–Crippen MR) is 152 cm³/mol. The Kier molecular flexibility index (Phi) is 7.00. The number of fused-ring (bicyclic) bond motifs is 1. The molecule has 1 unspecified atom stereocenters. The average Bonchev–Trinajstić information content (AvgIpc) is 3.34. The van der Waals surface area contributed by atoms with Gasteiger partial charge in [-0.3, -0.25) is 4.78 Å². The van der Waals surface area contributed by atoms with Crippen molar-refractivity contribution < 1.29 is 8.95 Å². The first-order chi connectivity index (χ1) is 17.8. The zero-order valence-corrected chi connectivity index (χ0v) is 22.7. The SMILES string of the molecule is COc1cc(N2CCC(S(=N)(=O)C(C)C)CC2)ccc1Nc1ncc(Cl)c(-c2c[nH]c3ccccc23)n1. The van der Waals surface area contributed by atoms with Gasteiger partial charge < -0.3 is 19.9 Å². The molecule has 1 saturated heterocycles. The number of hydrogen-bond donors (Lipinski definition) is 3. The average molecular weight is 539 g/mol. The second-order valence-corrected chi connectivity index (χ2v) is 12.8. The summed E-state index contributed by atoms with van der Waals surface area (Å²) in [6.45, 7) is 5.28. The molecule has 0 spiro atoms. The number of para-hydroxylation sites is 1. The molecule has 1 fully saturated rings. The summed E-state index contributed by atoms with van der Waals surface area (Å²) in [4.78, 5) is 14.6. The number of rotatable bonds is 7. The molecule has 194 valence electrons. The summed E-state index contributed by atoms with van der Waals surface area (Å²) in [5.74, 6) is 1.08. The van der Waals surface area contributed by atoms with E-state index in [1.165, 1.54) is 0 Å². The lowest BCUT2D eigenvalue weighted by atomic mass is 10.1. The van der Waals surface area contributed by atoms with E-state index in [1.807, 2.05) is 62.5 Å². The summed E-state index contributed by atoms with van der Waals surface area (Å²) in [5.41, 5.74) is 4.33. The van der Waals surface area contributed by atoms with Crippen molar-refractivity contribution in [2.24, 2.45) is 0 Å². The third-order valence-electron chi connectivity index (χ3n) is 7.02. The quantitative estimate of drug-likeness (QED) is 0.249.